The Morgan fingerprint density at radius 2 is 1.85 bits per heavy atom. The molecule has 0 atom stereocenters. The van der Waals surface area contributed by atoms with Crippen molar-refractivity contribution in [3.05, 3.63) is 94.3 Å². The van der Waals surface area contributed by atoms with Crippen molar-refractivity contribution in [2.24, 2.45) is 0 Å². The van der Waals surface area contributed by atoms with Crippen molar-refractivity contribution >= 4 is 12.0 Å². The van der Waals surface area contributed by atoms with E-state index in [9.17, 15) is 27.6 Å². The van der Waals surface area contributed by atoms with Gasteiger partial charge in [0.15, 0.2) is 17.4 Å². The number of nitrogens with zero attached hydrogens (tertiary/aromatic N) is 2. The number of amides is 1. The van der Waals surface area contributed by atoms with Gasteiger partial charge in [-0.25, -0.2) is 8.78 Å². The smallest absolute Gasteiger partial charge is 0.262 e. The lowest BCUT2D eigenvalue weighted by atomic mass is 10.1. The highest BCUT2D eigenvalue weighted by Gasteiger charge is 2.21. The molecule has 0 unspecified atom stereocenters. The second-order valence-corrected chi connectivity index (χ2v) is 6.83. The van der Waals surface area contributed by atoms with Crippen LogP contribution in [0.3, 0.4) is 0 Å². The van der Waals surface area contributed by atoms with Gasteiger partial charge in [-0.15, -0.1) is 0 Å². The Morgan fingerprint density at radius 3 is 2.47 bits per heavy atom. The topological polar surface area (TPSA) is 84.2 Å². The molecular formula is C24H17F4N3O3. The van der Waals surface area contributed by atoms with Crippen molar-refractivity contribution in [1.29, 1.82) is 5.26 Å². The molecule has 3 aromatic rings. The maximum atomic E-state index is 13.9. The van der Waals surface area contributed by atoms with E-state index < -0.39 is 41.5 Å². The van der Waals surface area contributed by atoms with Crippen LogP contribution in [0.15, 0.2) is 54.2 Å². The number of benzene rings is 2. The number of pyridine rings is 1. The van der Waals surface area contributed by atoms with Gasteiger partial charge < -0.3 is 14.8 Å². The van der Waals surface area contributed by atoms with Gasteiger partial charge in [-0.3, -0.25) is 9.78 Å². The monoisotopic (exact) mass is 471 g/mol. The summed E-state index contributed by atoms with van der Waals surface area (Å²) >= 11 is 0. The highest BCUT2D eigenvalue weighted by molar-refractivity contribution is 6.01. The Balaban J connectivity index is 1.81. The summed E-state index contributed by atoms with van der Waals surface area (Å²) in [6.45, 7) is -0.406. The number of aromatic nitrogens is 1. The number of nitrogens with one attached hydrogen (secondary N) is 1. The highest BCUT2D eigenvalue weighted by Crippen LogP contribution is 2.29. The third kappa shape index (κ3) is 5.69. The van der Waals surface area contributed by atoms with Crippen LogP contribution in [0.4, 0.5) is 17.6 Å². The molecule has 1 aromatic heterocycles. The molecule has 0 bridgehead atoms. The molecule has 3 rings (SSSR count). The van der Waals surface area contributed by atoms with E-state index in [1.54, 1.807) is 30.5 Å². The quantitative estimate of drug-likeness (QED) is 0.227. The van der Waals surface area contributed by atoms with E-state index in [1.165, 1.54) is 31.4 Å². The third-order valence-corrected chi connectivity index (χ3v) is 4.58. The molecule has 1 amide bonds. The molecule has 2 aromatic carbocycles. The van der Waals surface area contributed by atoms with Crippen molar-refractivity contribution < 1.29 is 31.8 Å². The number of ether oxygens (including phenoxy) is 2. The molecule has 0 spiro atoms. The molecular weight excluding hydrogens is 454 g/mol. The van der Waals surface area contributed by atoms with Crippen molar-refractivity contribution in [3.63, 3.8) is 0 Å². The number of rotatable bonds is 8. The highest BCUT2D eigenvalue weighted by atomic mass is 19.2. The number of hydrogen-bond acceptors (Lipinski definition) is 5. The van der Waals surface area contributed by atoms with Crippen molar-refractivity contribution in [3.8, 4) is 17.6 Å². The Hall–Kier alpha value is -4.39. The fraction of sp³-hybridized carbons (Fsp3) is 0.125. The van der Waals surface area contributed by atoms with Crippen LogP contribution in [0, 0.1) is 34.6 Å². The second kappa shape index (κ2) is 11.0. The van der Waals surface area contributed by atoms with Gasteiger partial charge in [0.1, 0.15) is 24.0 Å². The van der Waals surface area contributed by atoms with E-state index >= 15 is 0 Å². The number of halogens is 4. The zero-order valence-corrected chi connectivity index (χ0v) is 17.7. The molecule has 0 radical (unpaired) electrons. The number of carbonyl (C=O) groups excluding carboxylic acids is 1. The van der Waals surface area contributed by atoms with Crippen LogP contribution in [0.2, 0.25) is 0 Å². The lowest BCUT2D eigenvalue weighted by Crippen LogP contribution is -2.24. The van der Waals surface area contributed by atoms with Gasteiger partial charge in [0.2, 0.25) is 11.6 Å². The van der Waals surface area contributed by atoms with Gasteiger partial charge >= 0.3 is 0 Å². The van der Waals surface area contributed by atoms with Crippen LogP contribution in [0.25, 0.3) is 6.08 Å². The Morgan fingerprint density at radius 1 is 1.12 bits per heavy atom. The molecule has 0 aliphatic carbocycles. The molecule has 6 nitrogen and oxygen atoms in total. The summed E-state index contributed by atoms with van der Waals surface area (Å²) in [7, 11) is 1.34. The molecule has 10 heteroatoms. The van der Waals surface area contributed by atoms with E-state index in [-0.39, 0.29) is 29.5 Å². The molecule has 0 fully saturated rings. The summed E-state index contributed by atoms with van der Waals surface area (Å²) in [6, 6.07) is 11.5. The largest absolute Gasteiger partial charge is 0.496 e. The summed E-state index contributed by atoms with van der Waals surface area (Å²) < 4.78 is 64.8. The van der Waals surface area contributed by atoms with Crippen LogP contribution < -0.4 is 14.8 Å². The first-order valence-corrected chi connectivity index (χ1v) is 9.76. The first-order chi connectivity index (χ1) is 16.3. The summed E-state index contributed by atoms with van der Waals surface area (Å²) in [5.41, 5.74) is 1.00. The van der Waals surface area contributed by atoms with E-state index in [0.717, 1.165) is 0 Å². The van der Waals surface area contributed by atoms with Gasteiger partial charge in [-0.2, -0.15) is 14.0 Å². The SMILES string of the molecule is COc1ccc(/C=C(\C#N)C(=O)NCc2ccccn2)cc1COc1c(F)c(F)cc(F)c1F. The average molecular weight is 471 g/mol. The molecule has 174 valence electrons. The average Bonchev–Trinajstić information content (AvgIpc) is 2.85. The van der Waals surface area contributed by atoms with Crippen molar-refractivity contribution in [2.45, 2.75) is 13.2 Å². The lowest BCUT2D eigenvalue weighted by molar-refractivity contribution is -0.117. The first kappa shape index (κ1) is 24.3. The van der Waals surface area contributed by atoms with Crippen molar-refractivity contribution in [2.75, 3.05) is 7.11 Å². The van der Waals surface area contributed by atoms with Crippen LogP contribution in [-0.4, -0.2) is 18.0 Å². The third-order valence-electron chi connectivity index (χ3n) is 4.58. The normalized spacial score (nSPS) is 11.0. The van der Waals surface area contributed by atoms with Crippen LogP contribution in [0.5, 0.6) is 11.5 Å². The number of carbonyl (C=O) groups is 1. The molecule has 0 saturated heterocycles. The standard InChI is InChI=1S/C24H17F4N3O3/c1-33-20-6-5-14(8-15(11-29)24(32)31-12-17-4-2-3-7-30-17)9-16(20)13-34-23-21(27)18(25)10-19(26)22(23)28/h2-10H,12-13H2,1H3,(H,31,32)/b15-8+. The number of nitriles is 1. The number of hydrogen-bond donors (Lipinski definition) is 1. The number of methoxy groups -OCH3 is 1. The fourth-order valence-electron chi connectivity index (χ4n) is 2.91. The summed E-state index contributed by atoms with van der Waals surface area (Å²) in [5, 5.41) is 12.0. The summed E-state index contributed by atoms with van der Waals surface area (Å²) in [5.74, 6) is -8.17. The molecule has 0 aliphatic rings. The molecule has 1 N–H and O–H groups in total. The lowest BCUT2D eigenvalue weighted by Gasteiger charge is -2.13. The van der Waals surface area contributed by atoms with Gasteiger partial charge in [0.05, 0.1) is 19.3 Å². The van der Waals surface area contributed by atoms with Crippen LogP contribution in [0.1, 0.15) is 16.8 Å². The fourth-order valence-corrected chi connectivity index (χ4v) is 2.91. The predicted octanol–water partition coefficient (Wildman–Crippen LogP) is 4.45. The minimum atomic E-state index is -1.68. The maximum absolute atomic E-state index is 13.9. The summed E-state index contributed by atoms with van der Waals surface area (Å²) in [4.78, 5) is 16.5. The summed E-state index contributed by atoms with van der Waals surface area (Å²) in [6.07, 6.45) is 2.86. The van der Waals surface area contributed by atoms with Gasteiger partial charge in [-0.05, 0) is 35.9 Å². The Bertz CT molecular complexity index is 1250. The molecule has 0 aliphatic heterocycles. The maximum Gasteiger partial charge on any atom is 0.262 e. The molecule has 1 heterocycles. The molecule has 0 saturated carbocycles. The van der Waals surface area contributed by atoms with E-state index in [2.05, 4.69) is 10.3 Å². The van der Waals surface area contributed by atoms with Crippen LogP contribution >= 0.6 is 0 Å². The second-order valence-electron chi connectivity index (χ2n) is 6.83. The van der Waals surface area contributed by atoms with Crippen molar-refractivity contribution in [1.82, 2.24) is 10.3 Å². The van der Waals surface area contributed by atoms with E-state index in [1.807, 2.05) is 0 Å². The minimum Gasteiger partial charge on any atom is -0.496 e. The minimum absolute atomic E-state index is 0.0752. The van der Waals surface area contributed by atoms with E-state index in [4.69, 9.17) is 9.47 Å². The van der Waals surface area contributed by atoms with Gasteiger partial charge in [0, 0.05) is 17.8 Å². The van der Waals surface area contributed by atoms with E-state index in [0.29, 0.717) is 11.3 Å². The Labute approximate surface area is 192 Å². The first-order valence-electron chi connectivity index (χ1n) is 9.76. The van der Waals surface area contributed by atoms with Gasteiger partial charge in [0.25, 0.3) is 5.91 Å². The van der Waals surface area contributed by atoms with Crippen LogP contribution in [-0.2, 0) is 17.9 Å². The van der Waals surface area contributed by atoms with Gasteiger partial charge in [-0.1, -0.05) is 12.1 Å². The molecule has 34 heavy (non-hydrogen) atoms. The zero-order valence-electron chi connectivity index (χ0n) is 17.7. The Kier molecular flexibility index (Phi) is 7.82. The zero-order chi connectivity index (χ0) is 24.7. The predicted molar refractivity (Wildman–Crippen MR) is 113 cm³/mol.